The van der Waals surface area contributed by atoms with E-state index in [-0.39, 0.29) is 0 Å². The Balaban J connectivity index is 2.66. The maximum absolute atomic E-state index is 4.40. The van der Waals surface area contributed by atoms with Crippen LogP contribution in [0.1, 0.15) is 39.5 Å². The summed E-state index contributed by atoms with van der Waals surface area (Å²) < 4.78 is 0. The van der Waals surface area contributed by atoms with E-state index in [1.807, 2.05) is 6.07 Å². The van der Waals surface area contributed by atoms with Gasteiger partial charge in [0.25, 0.3) is 0 Å². The van der Waals surface area contributed by atoms with E-state index in [0.29, 0.717) is 0 Å². The maximum Gasteiger partial charge on any atom is 0.0377 e. The lowest BCUT2D eigenvalue weighted by Crippen LogP contribution is -2.25. The molecule has 2 heteroatoms. The van der Waals surface area contributed by atoms with Crippen molar-refractivity contribution in [2.45, 2.75) is 44.4 Å². The van der Waals surface area contributed by atoms with Gasteiger partial charge < -0.3 is 4.90 Å². The molecule has 0 saturated carbocycles. The topological polar surface area (TPSA) is 3.24 Å². The molecule has 90 valence electrons. The molecule has 0 radical (unpaired) electrons. The largest absolute Gasteiger partial charge is 0.372 e. The molecule has 0 aliphatic rings. The summed E-state index contributed by atoms with van der Waals surface area (Å²) >= 11 is 4.40. The third kappa shape index (κ3) is 4.48. The molecule has 0 aromatic heterocycles. The van der Waals surface area contributed by atoms with Crippen LogP contribution >= 0.6 is 12.6 Å². The van der Waals surface area contributed by atoms with Crippen LogP contribution in [0.3, 0.4) is 0 Å². The van der Waals surface area contributed by atoms with Crippen LogP contribution in [-0.2, 0) is 0 Å². The van der Waals surface area contributed by atoms with E-state index >= 15 is 0 Å². The molecule has 0 aliphatic carbocycles. The van der Waals surface area contributed by atoms with Crippen molar-refractivity contribution in [2.75, 3.05) is 18.0 Å². The van der Waals surface area contributed by atoms with E-state index in [2.05, 4.69) is 49.6 Å². The fourth-order valence-electron chi connectivity index (χ4n) is 1.76. The second-order valence-corrected chi connectivity index (χ2v) is 4.73. The first-order valence-corrected chi connectivity index (χ1v) is 6.76. The number of nitrogens with zero attached hydrogens (tertiary/aromatic N) is 1. The standard InChI is InChI=1S/C14H23NS/c1-3-5-10-15(11-6-4-2)13-8-7-9-14(16)12-13/h7-9,12,16H,3-6,10-11H2,1-2H3. The second kappa shape index (κ2) is 7.61. The fourth-order valence-corrected chi connectivity index (χ4v) is 1.98. The molecule has 1 rings (SSSR count). The predicted molar refractivity (Wildman–Crippen MR) is 75.7 cm³/mol. The highest BCUT2D eigenvalue weighted by molar-refractivity contribution is 7.80. The van der Waals surface area contributed by atoms with Crippen LogP contribution in [-0.4, -0.2) is 13.1 Å². The highest BCUT2D eigenvalue weighted by Crippen LogP contribution is 2.19. The molecule has 16 heavy (non-hydrogen) atoms. The molecule has 0 unspecified atom stereocenters. The van der Waals surface area contributed by atoms with Gasteiger partial charge in [-0.1, -0.05) is 32.8 Å². The van der Waals surface area contributed by atoms with E-state index in [9.17, 15) is 0 Å². The third-order valence-corrected chi connectivity index (χ3v) is 3.04. The first-order chi connectivity index (χ1) is 7.77. The minimum absolute atomic E-state index is 1.05. The Morgan fingerprint density at radius 2 is 1.69 bits per heavy atom. The summed E-state index contributed by atoms with van der Waals surface area (Å²) in [6.07, 6.45) is 5.04. The lowest BCUT2D eigenvalue weighted by molar-refractivity contribution is 0.677. The minimum atomic E-state index is 1.05. The number of anilines is 1. The van der Waals surface area contributed by atoms with E-state index in [1.165, 1.54) is 31.4 Å². The van der Waals surface area contributed by atoms with Gasteiger partial charge >= 0.3 is 0 Å². The smallest absolute Gasteiger partial charge is 0.0377 e. The maximum atomic E-state index is 4.40. The minimum Gasteiger partial charge on any atom is -0.372 e. The third-order valence-electron chi connectivity index (χ3n) is 2.76. The number of benzene rings is 1. The van der Waals surface area contributed by atoms with Gasteiger partial charge in [0.15, 0.2) is 0 Å². The summed E-state index contributed by atoms with van der Waals surface area (Å²) in [7, 11) is 0. The lowest BCUT2D eigenvalue weighted by Gasteiger charge is -2.24. The normalized spacial score (nSPS) is 10.4. The van der Waals surface area contributed by atoms with Crippen molar-refractivity contribution >= 4 is 18.3 Å². The Hall–Kier alpha value is -0.630. The van der Waals surface area contributed by atoms with Crippen LogP contribution < -0.4 is 4.90 Å². The monoisotopic (exact) mass is 237 g/mol. The predicted octanol–water partition coefficient (Wildman–Crippen LogP) is 4.38. The average molecular weight is 237 g/mol. The van der Waals surface area contributed by atoms with Gasteiger partial charge in [0.1, 0.15) is 0 Å². The van der Waals surface area contributed by atoms with Gasteiger partial charge in [-0.3, -0.25) is 0 Å². The van der Waals surface area contributed by atoms with Crippen LogP contribution in [0.4, 0.5) is 5.69 Å². The van der Waals surface area contributed by atoms with E-state index in [1.54, 1.807) is 0 Å². The SMILES string of the molecule is CCCCN(CCCC)c1cccc(S)c1. The van der Waals surface area contributed by atoms with Crippen LogP contribution in [0.5, 0.6) is 0 Å². The van der Waals surface area contributed by atoms with E-state index in [0.717, 1.165) is 18.0 Å². The molecule has 1 nitrogen and oxygen atoms in total. The Morgan fingerprint density at radius 1 is 1.06 bits per heavy atom. The highest BCUT2D eigenvalue weighted by Gasteiger charge is 2.05. The molecule has 1 aromatic rings. The summed E-state index contributed by atoms with van der Waals surface area (Å²) in [5.74, 6) is 0. The van der Waals surface area contributed by atoms with Gasteiger partial charge in [0.05, 0.1) is 0 Å². The van der Waals surface area contributed by atoms with Gasteiger partial charge in [-0.25, -0.2) is 0 Å². The second-order valence-electron chi connectivity index (χ2n) is 4.21. The first kappa shape index (κ1) is 13.4. The van der Waals surface area contributed by atoms with Gasteiger partial charge in [-0.2, -0.15) is 0 Å². The highest BCUT2D eigenvalue weighted by atomic mass is 32.1. The summed E-state index contributed by atoms with van der Waals surface area (Å²) in [5, 5.41) is 0. The number of rotatable bonds is 7. The van der Waals surface area contributed by atoms with Gasteiger partial charge in [-0.05, 0) is 31.0 Å². The van der Waals surface area contributed by atoms with Crippen LogP contribution in [0, 0.1) is 0 Å². The summed E-state index contributed by atoms with van der Waals surface area (Å²) in [6, 6.07) is 8.46. The molecular weight excluding hydrogens is 214 g/mol. The van der Waals surface area contributed by atoms with Crippen molar-refractivity contribution in [3.05, 3.63) is 24.3 Å². The molecule has 0 aliphatic heterocycles. The molecule has 0 spiro atoms. The zero-order valence-corrected chi connectivity index (χ0v) is 11.3. The molecule has 0 fully saturated rings. The van der Waals surface area contributed by atoms with Crippen molar-refractivity contribution in [2.24, 2.45) is 0 Å². The Kier molecular flexibility index (Phi) is 6.39. The Labute approximate surface area is 105 Å². The molecular formula is C14H23NS. The molecule has 0 heterocycles. The van der Waals surface area contributed by atoms with Crippen LogP contribution in [0.15, 0.2) is 29.2 Å². The van der Waals surface area contributed by atoms with E-state index < -0.39 is 0 Å². The summed E-state index contributed by atoms with van der Waals surface area (Å²) in [6.45, 7) is 6.81. The zero-order valence-electron chi connectivity index (χ0n) is 10.4. The van der Waals surface area contributed by atoms with Crippen molar-refractivity contribution in [3.63, 3.8) is 0 Å². The van der Waals surface area contributed by atoms with Crippen molar-refractivity contribution in [3.8, 4) is 0 Å². The van der Waals surface area contributed by atoms with Crippen molar-refractivity contribution in [1.29, 1.82) is 0 Å². The van der Waals surface area contributed by atoms with Gasteiger partial charge in [0.2, 0.25) is 0 Å². The molecule has 0 saturated heterocycles. The zero-order chi connectivity index (χ0) is 11.8. The number of hydrogen-bond donors (Lipinski definition) is 1. The summed E-state index contributed by atoms with van der Waals surface area (Å²) in [5.41, 5.74) is 1.31. The molecule has 0 atom stereocenters. The quantitative estimate of drug-likeness (QED) is 0.689. The van der Waals surface area contributed by atoms with Gasteiger partial charge in [0, 0.05) is 23.7 Å². The summed E-state index contributed by atoms with van der Waals surface area (Å²) in [4.78, 5) is 3.53. The van der Waals surface area contributed by atoms with Crippen LogP contribution in [0.2, 0.25) is 0 Å². The Bertz CT molecular complexity index is 291. The first-order valence-electron chi connectivity index (χ1n) is 6.32. The number of thiol groups is 1. The Morgan fingerprint density at radius 3 is 2.19 bits per heavy atom. The fraction of sp³-hybridized carbons (Fsp3) is 0.571. The molecule has 0 N–H and O–H groups in total. The molecule has 0 amide bonds. The van der Waals surface area contributed by atoms with Gasteiger partial charge in [-0.15, -0.1) is 12.6 Å². The van der Waals surface area contributed by atoms with Crippen LogP contribution in [0.25, 0.3) is 0 Å². The molecule has 0 bridgehead atoms. The lowest BCUT2D eigenvalue weighted by atomic mass is 10.2. The number of unbranched alkanes of at least 4 members (excludes halogenated alkanes) is 2. The van der Waals surface area contributed by atoms with Crippen molar-refractivity contribution in [1.82, 2.24) is 0 Å². The number of hydrogen-bond acceptors (Lipinski definition) is 2. The van der Waals surface area contributed by atoms with Crippen molar-refractivity contribution < 1.29 is 0 Å². The van der Waals surface area contributed by atoms with E-state index in [4.69, 9.17) is 0 Å². The average Bonchev–Trinajstić information content (AvgIpc) is 2.29. The molecule has 1 aromatic carbocycles.